The molecule has 4 saturated carbocycles. The number of hydrogen-bond donors (Lipinski definition) is 3. The molecule has 0 radical (unpaired) electrons. The maximum atomic E-state index is 12.2. The maximum Gasteiger partial charge on any atom is 0.266 e. The summed E-state index contributed by atoms with van der Waals surface area (Å²) in [6, 6.07) is 0. The summed E-state index contributed by atoms with van der Waals surface area (Å²) >= 11 is 0. The van der Waals surface area contributed by atoms with Gasteiger partial charge in [0.25, 0.3) is 10.1 Å². The molecule has 0 spiro atoms. The predicted octanol–water partition coefficient (Wildman–Crippen LogP) is 4.43. The van der Waals surface area contributed by atoms with Crippen LogP contribution in [0.5, 0.6) is 0 Å². The van der Waals surface area contributed by atoms with Crippen LogP contribution in [0.3, 0.4) is 0 Å². The van der Waals surface area contributed by atoms with Crippen LogP contribution in [0.15, 0.2) is 0 Å². The third kappa shape index (κ3) is 5.02. The van der Waals surface area contributed by atoms with Crippen LogP contribution in [-0.4, -0.2) is 42.4 Å². The summed E-state index contributed by atoms with van der Waals surface area (Å²) in [6.07, 6.45) is 12.1. The zero-order valence-electron chi connectivity index (χ0n) is 20.8. The van der Waals surface area contributed by atoms with Crippen molar-refractivity contribution in [1.29, 1.82) is 0 Å². The van der Waals surface area contributed by atoms with Gasteiger partial charge < -0.3 is 10.4 Å². The summed E-state index contributed by atoms with van der Waals surface area (Å²) in [6.45, 7) is 7.34. The molecular weight excluding hydrogens is 438 g/mol. The lowest BCUT2D eigenvalue weighted by atomic mass is 9.44. The van der Waals surface area contributed by atoms with Gasteiger partial charge in [-0.1, -0.05) is 20.8 Å². The van der Waals surface area contributed by atoms with Crippen LogP contribution < -0.4 is 5.32 Å². The minimum atomic E-state index is -4.04. The topological polar surface area (TPSA) is 104 Å². The van der Waals surface area contributed by atoms with E-state index in [1.807, 2.05) is 0 Å². The van der Waals surface area contributed by atoms with Crippen LogP contribution in [0.2, 0.25) is 0 Å². The molecule has 0 aromatic heterocycles. The van der Waals surface area contributed by atoms with Gasteiger partial charge in [0.1, 0.15) is 0 Å². The number of aliphatic hydroxyl groups excluding tert-OH is 1. The Morgan fingerprint density at radius 3 is 2.45 bits per heavy atom. The molecule has 7 heteroatoms. The lowest BCUT2D eigenvalue weighted by Gasteiger charge is -2.61. The van der Waals surface area contributed by atoms with Gasteiger partial charge in [0.2, 0.25) is 5.91 Å². The van der Waals surface area contributed by atoms with Crippen molar-refractivity contribution in [2.45, 2.75) is 97.5 Å². The van der Waals surface area contributed by atoms with Gasteiger partial charge in [-0.25, -0.2) is 0 Å². The second-order valence-electron chi connectivity index (χ2n) is 12.5. The highest BCUT2D eigenvalue weighted by atomic mass is 32.2. The van der Waals surface area contributed by atoms with Crippen LogP contribution >= 0.6 is 0 Å². The van der Waals surface area contributed by atoms with Gasteiger partial charge in [-0.3, -0.25) is 9.35 Å². The number of amides is 1. The molecule has 4 aliphatic carbocycles. The molecule has 3 N–H and O–H groups in total. The van der Waals surface area contributed by atoms with E-state index in [1.54, 1.807) is 0 Å². The van der Waals surface area contributed by atoms with Crippen LogP contribution in [0.4, 0.5) is 0 Å². The van der Waals surface area contributed by atoms with Crippen molar-refractivity contribution in [3.05, 3.63) is 0 Å². The van der Waals surface area contributed by atoms with E-state index < -0.39 is 15.9 Å². The Morgan fingerprint density at radius 2 is 1.73 bits per heavy atom. The molecule has 4 rings (SSSR count). The number of nitrogens with one attached hydrogen (secondary N) is 1. The fraction of sp³-hybridized carbons (Fsp3) is 0.962. The van der Waals surface area contributed by atoms with Gasteiger partial charge in [-0.15, -0.1) is 0 Å². The number of hydrogen-bond acceptors (Lipinski definition) is 4. The van der Waals surface area contributed by atoms with E-state index in [2.05, 4.69) is 26.1 Å². The third-order valence-electron chi connectivity index (χ3n) is 10.9. The maximum absolute atomic E-state index is 12.2. The fourth-order valence-electron chi connectivity index (χ4n) is 9.18. The standard InChI is InChI=1S/C26H45NO5S/c1-17(4-9-24(29)27-14-15-33(30,31)32)21-7-8-22-20-6-5-18-16-19(28)10-12-25(18,2)23(20)11-13-26(21,22)3/h17-23,28H,4-16H2,1-3H3,(H,27,29)(H,30,31,32)/t17?,18-,19-,20?,21-,22?,23?,25+,26-/m1/s1. The number of aliphatic hydroxyl groups is 1. The van der Waals surface area contributed by atoms with Crippen molar-refractivity contribution >= 4 is 16.0 Å². The van der Waals surface area contributed by atoms with E-state index in [4.69, 9.17) is 4.55 Å². The molecule has 0 bridgehead atoms. The van der Waals surface area contributed by atoms with Crippen LogP contribution in [0.25, 0.3) is 0 Å². The molecule has 1 amide bonds. The van der Waals surface area contributed by atoms with E-state index in [0.717, 1.165) is 37.0 Å². The van der Waals surface area contributed by atoms with Gasteiger partial charge in [-0.05, 0) is 111 Å². The number of rotatable bonds is 7. The molecule has 33 heavy (non-hydrogen) atoms. The molecule has 9 atom stereocenters. The summed E-state index contributed by atoms with van der Waals surface area (Å²) in [4.78, 5) is 12.2. The van der Waals surface area contributed by atoms with Crippen LogP contribution in [-0.2, 0) is 14.9 Å². The molecule has 4 unspecified atom stereocenters. The molecule has 190 valence electrons. The lowest BCUT2D eigenvalue weighted by Crippen LogP contribution is -2.54. The first kappa shape index (κ1) is 25.4. The van der Waals surface area contributed by atoms with Crippen LogP contribution in [0, 0.1) is 46.3 Å². The summed E-state index contributed by atoms with van der Waals surface area (Å²) in [5, 5.41) is 12.9. The zero-order chi connectivity index (χ0) is 24.0. The first-order valence-electron chi connectivity index (χ1n) is 13.3. The average molecular weight is 484 g/mol. The summed E-state index contributed by atoms with van der Waals surface area (Å²) in [7, 11) is -4.04. The molecular formula is C26H45NO5S. The van der Waals surface area contributed by atoms with Crippen molar-refractivity contribution in [2.75, 3.05) is 12.3 Å². The Hall–Kier alpha value is -0.660. The number of carbonyl (C=O) groups is 1. The van der Waals surface area contributed by atoms with E-state index in [9.17, 15) is 18.3 Å². The van der Waals surface area contributed by atoms with E-state index in [-0.39, 0.29) is 18.6 Å². The molecule has 0 aliphatic heterocycles. The Morgan fingerprint density at radius 1 is 1.03 bits per heavy atom. The van der Waals surface area contributed by atoms with Crippen molar-refractivity contribution in [3.63, 3.8) is 0 Å². The SMILES string of the molecule is CC(CCC(=O)NCCS(=O)(=O)O)[C@H]1CCC2C3CC[C@@H]4C[C@H](O)CC[C@]4(C)C3CC[C@@]21C. The fourth-order valence-corrected chi connectivity index (χ4v) is 9.54. The Labute approximate surface area is 200 Å². The summed E-state index contributed by atoms with van der Waals surface area (Å²) in [5.74, 6) is 3.68. The molecule has 0 saturated heterocycles. The highest BCUT2D eigenvalue weighted by Crippen LogP contribution is 2.68. The van der Waals surface area contributed by atoms with Crippen molar-refractivity contribution in [1.82, 2.24) is 5.32 Å². The van der Waals surface area contributed by atoms with Crippen molar-refractivity contribution in [3.8, 4) is 0 Å². The van der Waals surface area contributed by atoms with Crippen LogP contribution in [0.1, 0.15) is 91.4 Å². The molecule has 6 nitrogen and oxygen atoms in total. The largest absolute Gasteiger partial charge is 0.393 e. The van der Waals surface area contributed by atoms with Gasteiger partial charge in [0.15, 0.2) is 0 Å². The minimum Gasteiger partial charge on any atom is -0.393 e. The highest BCUT2D eigenvalue weighted by Gasteiger charge is 2.60. The van der Waals surface area contributed by atoms with E-state index in [1.165, 1.54) is 44.9 Å². The first-order chi connectivity index (χ1) is 15.4. The smallest absolute Gasteiger partial charge is 0.266 e. The first-order valence-corrected chi connectivity index (χ1v) is 14.9. The summed E-state index contributed by atoms with van der Waals surface area (Å²) in [5.41, 5.74) is 0.771. The molecule has 0 aromatic rings. The molecule has 4 aliphatic rings. The molecule has 0 aromatic carbocycles. The number of fused-ring (bicyclic) bond motifs is 5. The van der Waals surface area contributed by atoms with Gasteiger partial charge in [0.05, 0.1) is 11.9 Å². The lowest BCUT2D eigenvalue weighted by molar-refractivity contribution is -0.129. The second-order valence-corrected chi connectivity index (χ2v) is 14.0. The quantitative estimate of drug-likeness (QED) is 0.465. The van der Waals surface area contributed by atoms with Crippen molar-refractivity contribution in [2.24, 2.45) is 46.3 Å². The zero-order valence-corrected chi connectivity index (χ0v) is 21.6. The van der Waals surface area contributed by atoms with Gasteiger partial charge in [-0.2, -0.15) is 8.42 Å². The Kier molecular flexibility index (Phi) is 7.26. The van der Waals surface area contributed by atoms with Gasteiger partial charge in [0, 0.05) is 13.0 Å². The van der Waals surface area contributed by atoms with Crippen molar-refractivity contribution < 1.29 is 22.9 Å². The second kappa shape index (κ2) is 9.42. The molecule has 4 fully saturated rings. The Balaban J connectivity index is 1.35. The van der Waals surface area contributed by atoms with Gasteiger partial charge >= 0.3 is 0 Å². The predicted molar refractivity (Wildman–Crippen MR) is 129 cm³/mol. The highest BCUT2D eigenvalue weighted by molar-refractivity contribution is 7.85. The minimum absolute atomic E-state index is 0.0326. The molecule has 0 heterocycles. The Bertz CT molecular complexity index is 831. The summed E-state index contributed by atoms with van der Waals surface area (Å²) < 4.78 is 30.5. The monoisotopic (exact) mass is 483 g/mol. The normalized spacial score (nSPS) is 43.8. The van der Waals surface area contributed by atoms with E-state index in [0.29, 0.717) is 35.0 Å². The number of carbonyl (C=O) groups excluding carboxylic acids is 1. The van der Waals surface area contributed by atoms with E-state index >= 15 is 0 Å². The third-order valence-corrected chi connectivity index (χ3v) is 11.6. The average Bonchev–Trinajstić information content (AvgIpc) is 3.09.